The molecule has 1 amide bonds. The highest BCUT2D eigenvalue weighted by molar-refractivity contribution is 5.78. The summed E-state index contributed by atoms with van der Waals surface area (Å²) >= 11 is 0. The monoisotopic (exact) mass is 429 g/mol. The quantitative estimate of drug-likeness (QED) is 0.590. The fourth-order valence-electron chi connectivity index (χ4n) is 3.78. The normalized spacial score (nSPS) is 14.2. The fraction of sp³-hybridized carbons (Fsp3) is 0.296. The molecule has 1 N–H and O–H groups in total. The molecule has 4 rings (SSSR count). The van der Waals surface area contributed by atoms with Gasteiger partial charge in [-0.1, -0.05) is 54.6 Å². The number of nitrogens with zero attached hydrogens (tertiary/aromatic N) is 2. The number of piperazine rings is 1. The van der Waals surface area contributed by atoms with E-state index in [1.165, 1.54) is 5.69 Å². The minimum atomic E-state index is 0.0311. The zero-order valence-electron chi connectivity index (χ0n) is 18.7. The van der Waals surface area contributed by atoms with E-state index >= 15 is 0 Å². The van der Waals surface area contributed by atoms with Crippen LogP contribution in [0.15, 0.2) is 78.9 Å². The summed E-state index contributed by atoms with van der Waals surface area (Å²) in [4.78, 5) is 16.9. The first kappa shape index (κ1) is 21.9. The van der Waals surface area contributed by atoms with Crippen LogP contribution in [0.1, 0.15) is 16.7 Å². The van der Waals surface area contributed by atoms with Gasteiger partial charge in [0.15, 0.2) is 0 Å². The molecule has 5 heteroatoms. The molecule has 0 atom stereocenters. The molecule has 0 saturated carbocycles. The van der Waals surface area contributed by atoms with E-state index in [1.54, 1.807) is 0 Å². The van der Waals surface area contributed by atoms with Gasteiger partial charge in [0.1, 0.15) is 12.4 Å². The van der Waals surface area contributed by atoms with Crippen LogP contribution in [-0.4, -0.2) is 44.0 Å². The summed E-state index contributed by atoms with van der Waals surface area (Å²) in [7, 11) is 2.17. The third-order valence-corrected chi connectivity index (χ3v) is 5.83. The molecular formula is C27H31N3O2. The number of benzene rings is 3. The average Bonchev–Trinajstić information content (AvgIpc) is 2.84. The topological polar surface area (TPSA) is 44.8 Å². The van der Waals surface area contributed by atoms with Gasteiger partial charge >= 0.3 is 0 Å². The van der Waals surface area contributed by atoms with Crippen molar-refractivity contribution in [2.75, 3.05) is 38.1 Å². The van der Waals surface area contributed by atoms with Crippen LogP contribution >= 0.6 is 0 Å². The minimum Gasteiger partial charge on any atom is -0.489 e. The van der Waals surface area contributed by atoms with E-state index in [0.29, 0.717) is 19.6 Å². The van der Waals surface area contributed by atoms with Gasteiger partial charge in [-0.05, 0) is 48.0 Å². The maximum absolute atomic E-state index is 12.1. The van der Waals surface area contributed by atoms with Crippen molar-refractivity contribution in [3.63, 3.8) is 0 Å². The summed E-state index contributed by atoms with van der Waals surface area (Å²) in [5, 5.41) is 2.98. The second-order valence-electron chi connectivity index (χ2n) is 8.33. The summed E-state index contributed by atoms with van der Waals surface area (Å²) in [5.41, 5.74) is 4.46. The smallest absolute Gasteiger partial charge is 0.224 e. The Balaban J connectivity index is 1.21. The Labute approximate surface area is 190 Å². The molecule has 166 valence electrons. The molecule has 1 heterocycles. The Morgan fingerprint density at radius 3 is 2.16 bits per heavy atom. The summed E-state index contributed by atoms with van der Waals surface area (Å²) < 4.78 is 5.96. The Kier molecular flexibility index (Phi) is 7.41. The summed E-state index contributed by atoms with van der Waals surface area (Å²) in [6.07, 6.45) is 0.403. The lowest BCUT2D eigenvalue weighted by atomic mass is 10.1. The molecule has 0 aliphatic carbocycles. The fourth-order valence-corrected chi connectivity index (χ4v) is 3.78. The van der Waals surface area contributed by atoms with Crippen LogP contribution in [-0.2, 0) is 24.4 Å². The maximum atomic E-state index is 12.1. The summed E-state index contributed by atoms with van der Waals surface area (Å²) in [6, 6.07) is 26.3. The first-order chi connectivity index (χ1) is 15.7. The van der Waals surface area contributed by atoms with Crippen LogP contribution < -0.4 is 15.0 Å². The van der Waals surface area contributed by atoms with Gasteiger partial charge in [0, 0.05) is 38.4 Å². The Morgan fingerprint density at radius 1 is 0.812 bits per heavy atom. The standard InChI is InChI=1S/C27H31N3O2/c1-29-15-17-30(18-16-29)25-11-13-26(14-12-25)32-21-24-9-7-23(8-10-24)20-28-27(31)19-22-5-3-2-4-6-22/h2-14H,15-21H2,1H3,(H,28,31). The van der Waals surface area contributed by atoms with Crippen molar-refractivity contribution in [3.05, 3.63) is 95.6 Å². The van der Waals surface area contributed by atoms with Crippen LogP contribution in [0.5, 0.6) is 5.75 Å². The zero-order chi connectivity index (χ0) is 22.2. The molecule has 3 aromatic rings. The first-order valence-corrected chi connectivity index (χ1v) is 11.2. The number of nitrogens with one attached hydrogen (secondary N) is 1. The minimum absolute atomic E-state index is 0.0311. The van der Waals surface area contributed by atoms with Gasteiger partial charge in [-0.2, -0.15) is 0 Å². The molecule has 0 unspecified atom stereocenters. The van der Waals surface area contributed by atoms with E-state index in [2.05, 4.69) is 46.4 Å². The van der Waals surface area contributed by atoms with Gasteiger partial charge in [-0.25, -0.2) is 0 Å². The number of carbonyl (C=O) groups excluding carboxylic acids is 1. The molecule has 0 spiro atoms. The van der Waals surface area contributed by atoms with Gasteiger partial charge in [0.25, 0.3) is 0 Å². The highest BCUT2D eigenvalue weighted by Crippen LogP contribution is 2.21. The van der Waals surface area contributed by atoms with Crippen molar-refractivity contribution in [2.45, 2.75) is 19.6 Å². The molecule has 1 fully saturated rings. The number of rotatable bonds is 8. The predicted octanol–water partition coefficient (Wildman–Crippen LogP) is 3.88. The van der Waals surface area contributed by atoms with Crippen molar-refractivity contribution >= 4 is 11.6 Å². The number of amides is 1. The largest absolute Gasteiger partial charge is 0.489 e. The lowest BCUT2D eigenvalue weighted by Gasteiger charge is -2.34. The second kappa shape index (κ2) is 10.8. The van der Waals surface area contributed by atoms with Crippen molar-refractivity contribution in [2.24, 2.45) is 0 Å². The lowest BCUT2D eigenvalue weighted by molar-refractivity contribution is -0.120. The molecule has 1 aliphatic rings. The number of likely N-dealkylation sites (N-methyl/N-ethyl adjacent to an activating group) is 1. The van der Waals surface area contributed by atoms with Crippen molar-refractivity contribution in [1.29, 1.82) is 0 Å². The van der Waals surface area contributed by atoms with E-state index in [9.17, 15) is 4.79 Å². The van der Waals surface area contributed by atoms with Crippen molar-refractivity contribution < 1.29 is 9.53 Å². The van der Waals surface area contributed by atoms with Crippen LogP contribution in [0.2, 0.25) is 0 Å². The third-order valence-electron chi connectivity index (χ3n) is 5.83. The molecule has 3 aromatic carbocycles. The number of carbonyl (C=O) groups is 1. The average molecular weight is 430 g/mol. The van der Waals surface area contributed by atoms with Gasteiger partial charge in [0.05, 0.1) is 6.42 Å². The maximum Gasteiger partial charge on any atom is 0.224 e. The first-order valence-electron chi connectivity index (χ1n) is 11.2. The van der Waals surface area contributed by atoms with Crippen LogP contribution in [0.25, 0.3) is 0 Å². The molecule has 0 radical (unpaired) electrons. The number of hydrogen-bond donors (Lipinski definition) is 1. The number of hydrogen-bond acceptors (Lipinski definition) is 4. The zero-order valence-corrected chi connectivity index (χ0v) is 18.7. The van der Waals surface area contributed by atoms with Gasteiger partial charge < -0.3 is 19.9 Å². The molecule has 1 saturated heterocycles. The molecular weight excluding hydrogens is 398 g/mol. The predicted molar refractivity (Wildman–Crippen MR) is 129 cm³/mol. The molecule has 0 bridgehead atoms. The SMILES string of the molecule is CN1CCN(c2ccc(OCc3ccc(CNC(=O)Cc4ccccc4)cc3)cc2)CC1. The number of ether oxygens (including phenoxy) is 1. The Hall–Kier alpha value is -3.31. The van der Waals surface area contributed by atoms with Crippen molar-refractivity contribution in [1.82, 2.24) is 10.2 Å². The van der Waals surface area contributed by atoms with Gasteiger partial charge in [0.2, 0.25) is 5.91 Å². The van der Waals surface area contributed by atoms with E-state index in [1.807, 2.05) is 54.6 Å². The van der Waals surface area contributed by atoms with Gasteiger partial charge in [-0.15, -0.1) is 0 Å². The van der Waals surface area contributed by atoms with E-state index in [4.69, 9.17) is 4.74 Å². The third kappa shape index (κ3) is 6.34. The van der Waals surface area contributed by atoms with Crippen LogP contribution in [0, 0.1) is 0 Å². The summed E-state index contributed by atoms with van der Waals surface area (Å²) in [6.45, 7) is 5.39. The van der Waals surface area contributed by atoms with Crippen molar-refractivity contribution in [3.8, 4) is 5.75 Å². The highest BCUT2D eigenvalue weighted by Gasteiger charge is 2.14. The molecule has 32 heavy (non-hydrogen) atoms. The molecule has 5 nitrogen and oxygen atoms in total. The van der Waals surface area contributed by atoms with E-state index in [-0.39, 0.29) is 5.91 Å². The van der Waals surface area contributed by atoms with Crippen LogP contribution in [0.3, 0.4) is 0 Å². The Morgan fingerprint density at radius 2 is 1.47 bits per heavy atom. The van der Waals surface area contributed by atoms with Crippen LogP contribution in [0.4, 0.5) is 5.69 Å². The summed E-state index contributed by atoms with van der Waals surface area (Å²) in [5.74, 6) is 0.906. The lowest BCUT2D eigenvalue weighted by Crippen LogP contribution is -2.44. The van der Waals surface area contributed by atoms with E-state index in [0.717, 1.165) is 48.6 Å². The molecule has 0 aromatic heterocycles. The highest BCUT2D eigenvalue weighted by atomic mass is 16.5. The van der Waals surface area contributed by atoms with Gasteiger partial charge in [-0.3, -0.25) is 4.79 Å². The number of anilines is 1. The molecule has 1 aliphatic heterocycles. The second-order valence-corrected chi connectivity index (χ2v) is 8.33. The Bertz CT molecular complexity index is 980. The van der Waals surface area contributed by atoms with E-state index < -0.39 is 0 Å².